The van der Waals surface area contributed by atoms with Crippen LogP contribution in [0.1, 0.15) is 73.1 Å². The lowest BCUT2D eigenvalue weighted by molar-refractivity contribution is -0.132. The molecule has 7 heteroatoms. The van der Waals surface area contributed by atoms with E-state index < -0.39 is 11.6 Å². The molecular weight excluding hydrogens is 631 g/mol. The van der Waals surface area contributed by atoms with Gasteiger partial charge < -0.3 is 15.6 Å². The molecule has 2 amide bonds. The van der Waals surface area contributed by atoms with E-state index in [9.17, 15) is 9.59 Å². The van der Waals surface area contributed by atoms with Crippen LogP contribution in [0.25, 0.3) is 10.9 Å². The number of aromatic nitrogens is 1. The number of H-pyrrole nitrogens is 1. The number of likely N-dealkylation sites (tertiary alicyclic amines) is 1. The fraction of sp³-hybridized carbons (Fsp3) is 0.364. The number of para-hydroxylation sites is 1. The Morgan fingerprint density at radius 1 is 0.765 bits per heavy atom. The summed E-state index contributed by atoms with van der Waals surface area (Å²) in [4.78, 5) is 34.9. The zero-order valence-corrected chi connectivity index (χ0v) is 29.5. The number of carbonyl (C=O) groups excluding carboxylic acids is 2. The zero-order valence-electron chi connectivity index (χ0n) is 29.5. The second-order valence-electron chi connectivity index (χ2n) is 14.5. The van der Waals surface area contributed by atoms with E-state index in [1.54, 1.807) is 0 Å². The molecule has 1 atom stereocenters. The number of aromatic amines is 1. The van der Waals surface area contributed by atoms with Gasteiger partial charge in [0.2, 0.25) is 11.8 Å². The Hall–Kier alpha value is -4.72. The molecule has 0 bridgehead atoms. The van der Waals surface area contributed by atoms with Gasteiger partial charge in [-0.1, -0.05) is 128 Å². The third-order valence-corrected chi connectivity index (χ3v) is 11.1. The standard InChI is InChI=1S/C44H51N5O2/c50-42(46-31-39(34-17-7-2-8-18-34)35-19-9-3-10-20-35)41(29-36-30-45-40-24-14-13-23-38(36)40)48-44(43(51)47-37-21-11-4-12-22-37)25-27-49(28-26-44)32-33-15-5-1-6-16-33/h1-3,5-10,13-20,23-24,30,37,39,41,45,48H,4,11-12,21-22,25-29,31-32H2,(H,46,50)(H,47,51)/t41-/m0/s1. The van der Waals surface area contributed by atoms with Crippen molar-refractivity contribution in [3.63, 3.8) is 0 Å². The van der Waals surface area contributed by atoms with Gasteiger partial charge in [-0.2, -0.15) is 0 Å². The first kappa shape index (κ1) is 34.7. The molecule has 2 fully saturated rings. The fourth-order valence-corrected chi connectivity index (χ4v) is 8.13. The normalized spacial score (nSPS) is 17.3. The van der Waals surface area contributed by atoms with Crippen molar-refractivity contribution in [1.82, 2.24) is 25.8 Å². The van der Waals surface area contributed by atoms with Gasteiger partial charge in [-0.15, -0.1) is 0 Å². The number of nitrogens with zero attached hydrogens (tertiary/aromatic N) is 1. The lowest BCUT2D eigenvalue weighted by Gasteiger charge is -2.44. The molecule has 5 aromatic rings. The lowest BCUT2D eigenvalue weighted by Crippen LogP contribution is -2.67. The molecule has 1 aliphatic carbocycles. The molecule has 264 valence electrons. The van der Waals surface area contributed by atoms with Gasteiger partial charge in [-0.05, 0) is 60.4 Å². The number of hydrogen-bond acceptors (Lipinski definition) is 4. The van der Waals surface area contributed by atoms with Crippen molar-refractivity contribution in [2.24, 2.45) is 0 Å². The summed E-state index contributed by atoms with van der Waals surface area (Å²) >= 11 is 0. The Morgan fingerprint density at radius 3 is 2.04 bits per heavy atom. The molecule has 7 nitrogen and oxygen atoms in total. The lowest BCUT2D eigenvalue weighted by atomic mass is 9.83. The summed E-state index contributed by atoms with van der Waals surface area (Å²) in [6.45, 7) is 2.84. The second-order valence-corrected chi connectivity index (χ2v) is 14.5. The maximum absolute atomic E-state index is 14.6. The first-order valence-electron chi connectivity index (χ1n) is 18.8. The Bertz CT molecular complexity index is 1800. The van der Waals surface area contributed by atoms with Crippen LogP contribution in [0.2, 0.25) is 0 Å². The van der Waals surface area contributed by atoms with Crippen LogP contribution in [-0.2, 0) is 22.6 Å². The fourth-order valence-electron chi connectivity index (χ4n) is 8.13. The maximum atomic E-state index is 14.6. The number of benzene rings is 4. The second kappa shape index (κ2) is 16.5. The molecule has 2 heterocycles. The molecule has 1 saturated carbocycles. The van der Waals surface area contributed by atoms with E-state index in [0.29, 0.717) is 25.8 Å². The molecule has 0 radical (unpaired) electrons. The summed E-state index contributed by atoms with van der Waals surface area (Å²) in [6, 6.07) is 39.1. The van der Waals surface area contributed by atoms with Crippen LogP contribution >= 0.6 is 0 Å². The van der Waals surface area contributed by atoms with Crippen LogP contribution in [0.15, 0.2) is 121 Å². The third-order valence-electron chi connectivity index (χ3n) is 11.1. The average molecular weight is 682 g/mol. The van der Waals surface area contributed by atoms with Crippen molar-refractivity contribution in [1.29, 1.82) is 0 Å². The number of nitrogens with one attached hydrogen (secondary N) is 4. The van der Waals surface area contributed by atoms with Crippen molar-refractivity contribution >= 4 is 22.7 Å². The smallest absolute Gasteiger partial charge is 0.240 e. The topological polar surface area (TPSA) is 89.3 Å². The Morgan fingerprint density at radius 2 is 1.37 bits per heavy atom. The van der Waals surface area contributed by atoms with Gasteiger partial charge >= 0.3 is 0 Å². The number of piperidine rings is 1. The summed E-state index contributed by atoms with van der Waals surface area (Å²) in [6.07, 6.45) is 9.29. The van der Waals surface area contributed by atoms with E-state index in [2.05, 4.69) is 86.5 Å². The highest BCUT2D eigenvalue weighted by Crippen LogP contribution is 2.29. The van der Waals surface area contributed by atoms with E-state index in [-0.39, 0.29) is 23.8 Å². The quantitative estimate of drug-likeness (QED) is 0.107. The number of fused-ring (bicyclic) bond motifs is 1. The molecule has 4 N–H and O–H groups in total. The number of amides is 2. The van der Waals surface area contributed by atoms with Crippen molar-refractivity contribution < 1.29 is 9.59 Å². The summed E-state index contributed by atoms with van der Waals surface area (Å²) < 4.78 is 0. The number of hydrogen-bond donors (Lipinski definition) is 4. The minimum Gasteiger partial charge on any atom is -0.361 e. The van der Waals surface area contributed by atoms with Crippen molar-refractivity contribution in [2.45, 2.75) is 81.5 Å². The first-order chi connectivity index (χ1) is 25.1. The molecule has 4 aromatic carbocycles. The number of carbonyl (C=O) groups is 2. The maximum Gasteiger partial charge on any atom is 0.240 e. The SMILES string of the molecule is O=C(NCC(c1ccccc1)c1ccccc1)[C@H](Cc1c[nH]c2ccccc12)NC1(C(=O)NC2CCCCC2)CCN(Cc2ccccc2)CC1. The van der Waals surface area contributed by atoms with E-state index >= 15 is 0 Å². The third kappa shape index (κ3) is 8.61. The molecule has 1 saturated heterocycles. The van der Waals surface area contributed by atoms with Crippen molar-refractivity contribution in [3.8, 4) is 0 Å². The van der Waals surface area contributed by atoms with E-state index in [1.807, 2.05) is 60.8 Å². The Labute approximate surface area is 302 Å². The minimum absolute atomic E-state index is 0.00475. The van der Waals surface area contributed by atoms with Crippen molar-refractivity contribution in [3.05, 3.63) is 144 Å². The first-order valence-corrected chi connectivity index (χ1v) is 18.8. The van der Waals surface area contributed by atoms with Gasteiger partial charge in [-0.3, -0.25) is 19.8 Å². The van der Waals surface area contributed by atoms with Crippen LogP contribution in [0.4, 0.5) is 0 Å². The average Bonchev–Trinajstić information content (AvgIpc) is 3.59. The Balaban J connectivity index is 1.16. The van der Waals surface area contributed by atoms with Gasteiger partial charge in [0.05, 0.1) is 6.04 Å². The van der Waals surface area contributed by atoms with Crippen LogP contribution in [0.5, 0.6) is 0 Å². The van der Waals surface area contributed by atoms with Crippen LogP contribution in [0, 0.1) is 0 Å². The van der Waals surface area contributed by atoms with Gasteiger partial charge in [0.15, 0.2) is 0 Å². The van der Waals surface area contributed by atoms with E-state index in [1.165, 1.54) is 12.0 Å². The van der Waals surface area contributed by atoms with Crippen LogP contribution < -0.4 is 16.0 Å². The molecule has 51 heavy (non-hydrogen) atoms. The number of rotatable bonds is 13. The summed E-state index contributed by atoms with van der Waals surface area (Å²) in [5.41, 5.74) is 4.81. The summed E-state index contributed by atoms with van der Waals surface area (Å²) in [7, 11) is 0. The highest BCUT2D eigenvalue weighted by atomic mass is 16.2. The highest BCUT2D eigenvalue weighted by molar-refractivity contribution is 5.90. The summed E-state index contributed by atoms with van der Waals surface area (Å²) in [5, 5.41) is 11.7. The minimum atomic E-state index is -0.864. The van der Waals surface area contributed by atoms with Gasteiger partial charge in [0, 0.05) is 55.2 Å². The zero-order chi connectivity index (χ0) is 34.9. The predicted octanol–water partition coefficient (Wildman–Crippen LogP) is 7.10. The highest BCUT2D eigenvalue weighted by Gasteiger charge is 2.44. The molecule has 0 spiro atoms. The monoisotopic (exact) mass is 681 g/mol. The van der Waals surface area contributed by atoms with Gasteiger partial charge in [-0.25, -0.2) is 0 Å². The molecule has 0 unspecified atom stereocenters. The van der Waals surface area contributed by atoms with Crippen LogP contribution in [0.3, 0.4) is 0 Å². The molecule has 1 aliphatic heterocycles. The van der Waals surface area contributed by atoms with Crippen LogP contribution in [-0.4, -0.2) is 59.0 Å². The molecular formula is C44H51N5O2. The Kier molecular flexibility index (Phi) is 11.3. The predicted molar refractivity (Wildman–Crippen MR) is 205 cm³/mol. The van der Waals surface area contributed by atoms with E-state index in [4.69, 9.17) is 0 Å². The molecule has 7 rings (SSSR count). The molecule has 2 aliphatic rings. The van der Waals surface area contributed by atoms with Crippen molar-refractivity contribution in [2.75, 3.05) is 19.6 Å². The van der Waals surface area contributed by atoms with E-state index in [0.717, 1.165) is 72.9 Å². The largest absolute Gasteiger partial charge is 0.361 e. The van der Waals surface area contributed by atoms with Gasteiger partial charge in [0.25, 0.3) is 0 Å². The van der Waals surface area contributed by atoms with Gasteiger partial charge in [0.1, 0.15) is 5.54 Å². The summed E-state index contributed by atoms with van der Waals surface area (Å²) in [5.74, 6) is -0.0551. The molecule has 1 aromatic heterocycles.